The van der Waals surface area contributed by atoms with Gasteiger partial charge < -0.3 is 4.79 Å². The molecule has 0 saturated heterocycles. The second-order valence-corrected chi connectivity index (χ2v) is 3.60. The summed E-state index contributed by atoms with van der Waals surface area (Å²) in [5.74, 6) is 0.157. The monoisotopic (exact) mass is 217 g/mol. The Balaban J connectivity index is 2.71. The number of hydrogen-bond acceptors (Lipinski definition) is 2. The third-order valence-corrected chi connectivity index (χ3v) is 1.98. The zero-order chi connectivity index (χ0) is 9.84. The summed E-state index contributed by atoms with van der Waals surface area (Å²) < 4.78 is 0. The van der Waals surface area contributed by atoms with E-state index in [0.29, 0.717) is 23.1 Å². The van der Waals surface area contributed by atoms with Crippen molar-refractivity contribution >= 4 is 29.0 Å². The van der Waals surface area contributed by atoms with Crippen molar-refractivity contribution in [2.24, 2.45) is 0 Å². The minimum atomic E-state index is 0.157. The van der Waals surface area contributed by atoms with Crippen LogP contribution in [0.4, 0.5) is 0 Å². The smallest absolute Gasteiger partial charge is 0.131 e. The number of pyridine rings is 1. The number of aromatic nitrogens is 1. The first-order chi connectivity index (χ1) is 6.08. The zero-order valence-electron chi connectivity index (χ0n) is 7.18. The van der Waals surface area contributed by atoms with Crippen molar-refractivity contribution in [3.8, 4) is 0 Å². The van der Waals surface area contributed by atoms with Crippen LogP contribution in [-0.4, -0.2) is 10.8 Å². The number of carbonyl (C=O) groups excluding carboxylic acids is 1. The highest BCUT2D eigenvalue weighted by molar-refractivity contribution is 6.32. The lowest BCUT2D eigenvalue weighted by atomic mass is 10.1. The van der Waals surface area contributed by atoms with Crippen molar-refractivity contribution in [3.05, 3.63) is 28.0 Å². The number of aryl methyl sites for hydroxylation is 1. The molecule has 0 atom stereocenters. The summed E-state index contributed by atoms with van der Waals surface area (Å²) in [4.78, 5) is 14.5. The number of Topliss-reactive ketones (excluding diaryl/α,β-unsaturated/α-hetero) is 1. The van der Waals surface area contributed by atoms with Gasteiger partial charge in [0, 0.05) is 6.42 Å². The predicted octanol–water partition coefficient (Wildman–Crippen LogP) is 2.91. The summed E-state index contributed by atoms with van der Waals surface area (Å²) in [5.41, 5.74) is 0.945. The van der Waals surface area contributed by atoms with Gasteiger partial charge in [-0.25, -0.2) is 4.98 Å². The molecule has 0 aromatic carbocycles. The molecule has 4 heteroatoms. The van der Waals surface area contributed by atoms with Crippen LogP contribution in [0.2, 0.25) is 10.3 Å². The Labute approximate surface area is 86.9 Å². The average molecular weight is 218 g/mol. The molecule has 0 spiro atoms. The van der Waals surface area contributed by atoms with Crippen molar-refractivity contribution in [2.45, 2.75) is 19.8 Å². The van der Waals surface area contributed by atoms with E-state index in [0.717, 1.165) is 5.56 Å². The van der Waals surface area contributed by atoms with Gasteiger partial charge in [0.2, 0.25) is 0 Å². The summed E-state index contributed by atoms with van der Waals surface area (Å²) in [6, 6.07) is 3.44. The largest absolute Gasteiger partial charge is 0.300 e. The SMILES string of the molecule is CC(=O)CCc1cc(Cl)nc(Cl)c1. The number of nitrogens with zero attached hydrogens (tertiary/aromatic N) is 1. The van der Waals surface area contributed by atoms with Crippen LogP contribution < -0.4 is 0 Å². The van der Waals surface area contributed by atoms with Gasteiger partial charge in [-0.2, -0.15) is 0 Å². The molecule has 0 fully saturated rings. The minimum Gasteiger partial charge on any atom is -0.300 e. The third kappa shape index (κ3) is 3.75. The molecule has 0 unspecified atom stereocenters. The number of rotatable bonds is 3. The van der Waals surface area contributed by atoms with Crippen molar-refractivity contribution < 1.29 is 4.79 Å². The van der Waals surface area contributed by atoms with Gasteiger partial charge in [-0.05, 0) is 31.0 Å². The molecular weight excluding hydrogens is 209 g/mol. The van der Waals surface area contributed by atoms with E-state index >= 15 is 0 Å². The molecule has 70 valence electrons. The molecule has 0 radical (unpaired) electrons. The second-order valence-electron chi connectivity index (χ2n) is 2.82. The summed E-state index contributed by atoms with van der Waals surface area (Å²) in [6.07, 6.45) is 1.17. The van der Waals surface area contributed by atoms with Crippen molar-refractivity contribution in [1.29, 1.82) is 0 Å². The molecule has 0 amide bonds. The molecule has 0 aliphatic rings. The van der Waals surface area contributed by atoms with Gasteiger partial charge in [0.05, 0.1) is 0 Å². The maximum Gasteiger partial charge on any atom is 0.131 e. The predicted molar refractivity (Wildman–Crippen MR) is 53.3 cm³/mol. The lowest BCUT2D eigenvalue weighted by Gasteiger charge is -2.00. The molecular formula is C9H9Cl2NO. The van der Waals surface area contributed by atoms with Gasteiger partial charge in [0.1, 0.15) is 16.1 Å². The molecule has 1 aromatic heterocycles. The normalized spacial score (nSPS) is 10.1. The highest BCUT2D eigenvalue weighted by atomic mass is 35.5. The first-order valence-corrected chi connectivity index (χ1v) is 4.65. The zero-order valence-corrected chi connectivity index (χ0v) is 8.69. The molecule has 1 aromatic rings. The molecule has 1 rings (SSSR count). The van der Waals surface area contributed by atoms with E-state index in [1.165, 1.54) is 0 Å². The van der Waals surface area contributed by atoms with Crippen LogP contribution in [0.3, 0.4) is 0 Å². The Hall–Kier alpha value is -0.600. The van der Waals surface area contributed by atoms with Gasteiger partial charge in [-0.1, -0.05) is 23.2 Å². The van der Waals surface area contributed by atoms with E-state index in [4.69, 9.17) is 23.2 Å². The van der Waals surface area contributed by atoms with Crippen molar-refractivity contribution in [3.63, 3.8) is 0 Å². The second kappa shape index (κ2) is 4.58. The molecule has 2 nitrogen and oxygen atoms in total. The van der Waals surface area contributed by atoms with Gasteiger partial charge in [0.15, 0.2) is 0 Å². The lowest BCUT2D eigenvalue weighted by molar-refractivity contribution is -0.116. The topological polar surface area (TPSA) is 30.0 Å². The fourth-order valence-corrected chi connectivity index (χ4v) is 1.48. The van der Waals surface area contributed by atoms with Crippen LogP contribution in [0.1, 0.15) is 18.9 Å². The van der Waals surface area contributed by atoms with Crippen LogP contribution in [0, 0.1) is 0 Å². The maximum atomic E-state index is 10.7. The molecule has 0 bridgehead atoms. The van der Waals surface area contributed by atoms with E-state index in [1.54, 1.807) is 19.1 Å². The van der Waals surface area contributed by atoms with Gasteiger partial charge in [-0.15, -0.1) is 0 Å². The van der Waals surface area contributed by atoms with Gasteiger partial charge in [0.25, 0.3) is 0 Å². The van der Waals surface area contributed by atoms with E-state index < -0.39 is 0 Å². The first-order valence-electron chi connectivity index (χ1n) is 3.89. The maximum absolute atomic E-state index is 10.7. The fraction of sp³-hybridized carbons (Fsp3) is 0.333. The number of carbonyl (C=O) groups is 1. The van der Waals surface area contributed by atoms with Crippen LogP contribution in [0.5, 0.6) is 0 Å². The number of ketones is 1. The van der Waals surface area contributed by atoms with E-state index in [-0.39, 0.29) is 5.78 Å². The molecule has 0 aliphatic heterocycles. The molecule has 0 aliphatic carbocycles. The van der Waals surface area contributed by atoms with E-state index in [1.807, 2.05) is 0 Å². The summed E-state index contributed by atoms with van der Waals surface area (Å²) >= 11 is 11.4. The first kappa shape index (κ1) is 10.5. The molecule has 0 N–H and O–H groups in total. The Morgan fingerprint density at radius 1 is 1.38 bits per heavy atom. The van der Waals surface area contributed by atoms with Crippen LogP contribution in [0.25, 0.3) is 0 Å². The molecule has 1 heterocycles. The quantitative estimate of drug-likeness (QED) is 0.730. The Morgan fingerprint density at radius 3 is 2.38 bits per heavy atom. The van der Waals surface area contributed by atoms with E-state index in [2.05, 4.69) is 4.98 Å². The highest BCUT2D eigenvalue weighted by Crippen LogP contribution is 2.15. The van der Waals surface area contributed by atoms with Crippen molar-refractivity contribution in [2.75, 3.05) is 0 Å². The summed E-state index contributed by atoms with van der Waals surface area (Å²) in [7, 11) is 0. The molecule has 0 saturated carbocycles. The fourth-order valence-electron chi connectivity index (χ4n) is 0.979. The standard InChI is InChI=1S/C9H9Cl2NO/c1-6(13)2-3-7-4-8(10)12-9(11)5-7/h4-5H,2-3H2,1H3. The average Bonchev–Trinajstić information content (AvgIpc) is 1.99. The highest BCUT2D eigenvalue weighted by Gasteiger charge is 2.00. The van der Waals surface area contributed by atoms with Gasteiger partial charge >= 0.3 is 0 Å². The number of halogens is 2. The van der Waals surface area contributed by atoms with Crippen LogP contribution >= 0.6 is 23.2 Å². The Morgan fingerprint density at radius 2 is 1.92 bits per heavy atom. The van der Waals surface area contributed by atoms with Crippen LogP contribution in [0.15, 0.2) is 12.1 Å². The summed E-state index contributed by atoms with van der Waals surface area (Å²) in [6.45, 7) is 1.56. The summed E-state index contributed by atoms with van der Waals surface area (Å²) in [5, 5.41) is 0.733. The number of hydrogen-bond donors (Lipinski definition) is 0. The third-order valence-electron chi connectivity index (χ3n) is 1.59. The Kier molecular flexibility index (Phi) is 3.70. The minimum absolute atomic E-state index is 0.157. The van der Waals surface area contributed by atoms with Crippen molar-refractivity contribution in [1.82, 2.24) is 4.98 Å². The molecule has 13 heavy (non-hydrogen) atoms. The Bertz CT molecular complexity index is 305. The van der Waals surface area contributed by atoms with E-state index in [9.17, 15) is 4.79 Å². The lowest BCUT2D eigenvalue weighted by Crippen LogP contribution is -1.94. The van der Waals surface area contributed by atoms with Gasteiger partial charge in [-0.3, -0.25) is 0 Å². The van der Waals surface area contributed by atoms with Crippen LogP contribution in [-0.2, 0) is 11.2 Å².